The number of pyridine rings is 2. The Bertz CT molecular complexity index is 1280. The third-order valence-electron chi connectivity index (χ3n) is 6.27. The van der Waals surface area contributed by atoms with Gasteiger partial charge in [0.25, 0.3) is 5.56 Å². The minimum atomic E-state index is 0. The molecule has 0 atom stereocenters. The molecule has 0 bridgehead atoms. The number of ether oxygens (including phenoxy) is 1. The largest absolute Gasteiger partial charge is 0.494 e. The van der Waals surface area contributed by atoms with Crippen LogP contribution in [0, 0.1) is 6.92 Å². The zero-order valence-corrected chi connectivity index (χ0v) is 22.6. The molecule has 36 heavy (non-hydrogen) atoms. The van der Waals surface area contributed by atoms with Crippen molar-refractivity contribution >= 4 is 35.7 Å². The van der Waals surface area contributed by atoms with E-state index in [2.05, 4.69) is 47.1 Å². The van der Waals surface area contributed by atoms with Gasteiger partial charge in [0.15, 0.2) is 0 Å². The number of nitrogens with zero attached hydrogens (tertiary/aromatic N) is 3. The van der Waals surface area contributed by atoms with E-state index in [4.69, 9.17) is 4.74 Å². The highest BCUT2D eigenvalue weighted by molar-refractivity contribution is 5.85. The maximum atomic E-state index is 11.8. The second-order valence-corrected chi connectivity index (χ2v) is 8.86. The van der Waals surface area contributed by atoms with E-state index >= 15 is 0 Å². The van der Waals surface area contributed by atoms with Crippen molar-refractivity contribution < 1.29 is 4.74 Å². The molecule has 5 nitrogen and oxygen atoms in total. The van der Waals surface area contributed by atoms with Crippen LogP contribution in [0.15, 0.2) is 83.9 Å². The lowest BCUT2D eigenvalue weighted by molar-refractivity contribution is 0.243. The molecule has 2 aromatic carbocycles. The molecule has 192 valence electrons. The van der Waals surface area contributed by atoms with E-state index in [1.54, 1.807) is 17.7 Å². The summed E-state index contributed by atoms with van der Waals surface area (Å²) < 4.78 is 7.65. The van der Waals surface area contributed by atoms with Crippen LogP contribution in [0.4, 0.5) is 0 Å². The molecule has 0 N–H and O–H groups in total. The lowest BCUT2D eigenvalue weighted by Gasteiger charge is -2.23. The molecule has 0 aliphatic carbocycles. The van der Waals surface area contributed by atoms with Crippen molar-refractivity contribution in [2.24, 2.45) is 7.05 Å². The Morgan fingerprint density at radius 2 is 1.75 bits per heavy atom. The predicted octanol–water partition coefficient (Wildman–Crippen LogP) is 6.34. The minimum Gasteiger partial charge on any atom is -0.494 e. The molecule has 2 heterocycles. The molecule has 2 aromatic heterocycles. The van der Waals surface area contributed by atoms with E-state index in [1.165, 1.54) is 16.7 Å². The molecule has 0 unspecified atom stereocenters. The average molecular weight is 529 g/mol. The van der Waals surface area contributed by atoms with Gasteiger partial charge in [-0.15, -0.1) is 24.8 Å². The van der Waals surface area contributed by atoms with Gasteiger partial charge in [-0.25, -0.2) is 0 Å². The van der Waals surface area contributed by atoms with Crippen molar-refractivity contribution in [1.82, 2.24) is 14.5 Å². The van der Waals surface area contributed by atoms with Crippen molar-refractivity contribution in [3.8, 4) is 5.75 Å². The van der Waals surface area contributed by atoms with Crippen LogP contribution in [-0.4, -0.2) is 27.6 Å². The second-order valence-electron chi connectivity index (χ2n) is 8.86. The maximum absolute atomic E-state index is 11.8. The van der Waals surface area contributed by atoms with E-state index in [9.17, 15) is 4.79 Å². The molecular formula is C29H35Cl2N3O2. The Labute approximate surface area is 226 Å². The van der Waals surface area contributed by atoms with Crippen molar-refractivity contribution in [3.63, 3.8) is 0 Å². The molecule has 0 fully saturated rings. The molecular weight excluding hydrogens is 493 g/mol. The summed E-state index contributed by atoms with van der Waals surface area (Å²) in [7, 11) is 1.79. The summed E-state index contributed by atoms with van der Waals surface area (Å²) in [6, 6.07) is 22.1. The first kappa shape index (κ1) is 29.4. The van der Waals surface area contributed by atoms with Gasteiger partial charge < -0.3 is 9.30 Å². The van der Waals surface area contributed by atoms with Gasteiger partial charge in [-0.05, 0) is 79.8 Å². The summed E-state index contributed by atoms with van der Waals surface area (Å²) in [6.45, 7) is 5.75. The third-order valence-corrected chi connectivity index (χ3v) is 6.27. The lowest BCUT2D eigenvalue weighted by Crippen LogP contribution is -2.24. The molecule has 0 aliphatic heterocycles. The lowest BCUT2D eigenvalue weighted by atomic mass is 10.1. The van der Waals surface area contributed by atoms with Gasteiger partial charge in [-0.1, -0.05) is 30.3 Å². The summed E-state index contributed by atoms with van der Waals surface area (Å²) >= 11 is 0. The Kier molecular flexibility index (Phi) is 11.9. The molecule has 7 heteroatoms. The van der Waals surface area contributed by atoms with Crippen LogP contribution >= 0.6 is 24.8 Å². The van der Waals surface area contributed by atoms with E-state index in [0.717, 1.165) is 55.5 Å². The fraction of sp³-hybridized carbons (Fsp3) is 0.310. The van der Waals surface area contributed by atoms with Gasteiger partial charge >= 0.3 is 0 Å². The predicted molar refractivity (Wildman–Crippen MR) is 153 cm³/mol. The van der Waals surface area contributed by atoms with Gasteiger partial charge in [0, 0.05) is 44.0 Å². The summed E-state index contributed by atoms with van der Waals surface area (Å²) in [5.74, 6) is 0.851. The quantitative estimate of drug-likeness (QED) is 0.213. The van der Waals surface area contributed by atoms with Crippen molar-refractivity contribution in [2.75, 3.05) is 13.2 Å². The van der Waals surface area contributed by atoms with E-state index < -0.39 is 0 Å². The Morgan fingerprint density at radius 1 is 0.917 bits per heavy atom. The fourth-order valence-electron chi connectivity index (χ4n) is 4.25. The van der Waals surface area contributed by atoms with E-state index in [1.807, 2.05) is 42.7 Å². The van der Waals surface area contributed by atoms with E-state index in [-0.39, 0.29) is 30.4 Å². The highest BCUT2D eigenvalue weighted by Crippen LogP contribution is 2.20. The zero-order chi connectivity index (χ0) is 23.8. The van der Waals surface area contributed by atoms with Crippen molar-refractivity contribution in [3.05, 3.63) is 106 Å². The van der Waals surface area contributed by atoms with Crippen LogP contribution < -0.4 is 10.3 Å². The first-order chi connectivity index (χ1) is 16.6. The summed E-state index contributed by atoms with van der Waals surface area (Å²) in [5, 5.41) is 1.02. The van der Waals surface area contributed by atoms with Crippen LogP contribution in [0.25, 0.3) is 10.9 Å². The summed E-state index contributed by atoms with van der Waals surface area (Å²) in [6.07, 6.45) is 7.02. The van der Waals surface area contributed by atoms with Gasteiger partial charge in [0.2, 0.25) is 0 Å². The van der Waals surface area contributed by atoms with Crippen LogP contribution in [0.2, 0.25) is 0 Å². The number of benzene rings is 2. The standard InChI is InChI=1S/C29H33N3O2.2ClH/c1-23-9-4-5-11-26(23)22-32(21-24-10-8-16-30-20-24)17-6-3-7-18-34-27-13-14-28-25(19-27)12-15-29(33)31(28)2;;/h4-5,8-16,19-20H,3,6-7,17-18,21-22H2,1-2H3;2*1H. The van der Waals surface area contributed by atoms with E-state index in [0.29, 0.717) is 6.61 Å². The molecule has 0 radical (unpaired) electrons. The van der Waals surface area contributed by atoms with Crippen LogP contribution in [0.3, 0.4) is 0 Å². The molecule has 4 aromatic rings. The van der Waals surface area contributed by atoms with Gasteiger partial charge in [0.1, 0.15) is 5.75 Å². The van der Waals surface area contributed by atoms with Crippen molar-refractivity contribution in [1.29, 1.82) is 0 Å². The Hall–Kier alpha value is -2.86. The number of hydrogen-bond donors (Lipinski definition) is 0. The Morgan fingerprint density at radius 3 is 2.53 bits per heavy atom. The van der Waals surface area contributed by atoms with Gasteiger partial charge in [-0.3, -0.25) is 14.7 Å². The van der Waals surface area contributed by atoms with Gasteiger partial charge in [-0.2, -0.15) is 0 Å². The van der Waals surface area contributed by atoms with Crippen molar-refractivity contribution in [2.45, 2.75) is 39.3 Å². The monoisotopic (exact) mass is 527 g/mol. The number of halogens is 2. The number of aromatic nitrogens is 2. The number of unbranched alkanes of at least 4 members (excludes halogenated alkanes) is 2. The first-order valence-corrected chi connectivity index (χ1v) is 12.0. The maximum Gasteiger partial charge on any atom is 0.250 e. The molecule has 0 aliphatic rings. The highest BCUT2D eigenvalue weighted by atomic mass is 35.5. The summed E-state index contributed by atoms with van der Waals surface area (Å²) in [4.78, 5) is 18.6. The average Bonchev–Trinajstić information content (AvgIpc) is 2.85. The van der Waals surface area contributed by atoms with Crippen LogP contribution in [0.1, 0.15) is 36.0 Å². The zero-order valence-electron chi connectivity index (χ0n) is 20.9. The number of hydrogen-bond acceptors (Lipinski definition) is 4. The fourth-order valence-corrected chi connectivity index (χ4v) is 4.25. The summed E-state index contributed by atoms with van der Waals surface area (Å²) in [5.41, 5.74) is 4.88. The normalized spacial score (nSPS) is 10.6. The SMILES string of the molecule is Cc1ccccc1CN(CCCCCOc1ccc2c(ccc(=O)n2C)c1)Cc1cccnc1.Cl.Cl. The highest BCUT2D eigenvalue weighted by Gasteiger charge is 2.09. The number of rotatable bonds is 11. The smallest absolute Gasteiger partial charge is 0.250 e. The molecule has 0 amide bonds. The van der Waals surface area contributed by atoms with Crippen LogP contribution in [-0.2, 0) is 20.1 Å². The number of aryl methyl sites for hydroxylation is 2. The Balaban J connectivity index is 0.00000228. The molecule has 0 spiro atoms. The minimum absolute atomic E-state index is 0. The third kappa shape index (κ3) is 8.09. The van der Waals surface area contributed by atoms with Crippen LogP contribution in [0.5, 0.6) is 5.75 Å². The molecule has 0 saturated heterocycles. The molecule has 0 saturated carbocycles. The second kappa shape index (κ2) is 14.6. The van der Waals surface area contributed by atoms with Gasteiger partial charge in [0.05, 0.1) is 12.1 Å². The molecule has 4 rings (SSSR count). The number of fused-ring (bicyclic) bond motifs is 1. The first-order valence-electron chi connectivity index (χ1n) is 12.0. The topological polar surface area (TPSA) is 47.4 Å².